The lowest BCUT2D eigenvalue weighted by atomic mass is 10.1. The number of aromatic nitrogens is 1. The molecule has 0 bridgehead atoms. The molecular formula is C15H21NO3S3. The molecule has 0 aliphatic heterocycles. The van der Waals surface area contributed by atoms with Crippen molar-refractivity contribution in [3.8, 4) is 0 Å². The Balaban J connectivity index is 1.82. The zero-order chi connectivity index (χ0) is 16.2. The topological polar surface area (TPSA) is 56.3 Å². The predicted octanol–water partition coefficient (Wildman–Crippen LogP) is 3.52. The first-order valence-corrected chi connectivity index (χ1v) is 10.7. The molecule has 2 rings (SSSR count). The maximum absolute atomic E-state index is 10.9. The van der Waals surface area contributed by atoms with E-state index in [1.54, 1.807) is 11.3 Å². The average molecular weight is 360 g/mol. The van der Waals surface area contributed by atoms with Crippen LogP contribution in [0, 0.1) is 13.8 Å². The fourth-order valence-electron chi connectivity index (χ4n) is 2.18. The van der Waals surface area contributed by atoms with Gasteiger partial charge in [0.2, 0.25) is 0 Å². The maximum atomic E-state index is 10.9. The van der Waals surface area contributed by atoms with Crippen molar-refractivity contribution in [2.45, 2.75) is 39.5 Å². The van der Waals surface area contributed by atoms with Crippen LogP contribution in [0.1, 0.15) is 32.4 Å². The van der Waals surface area contributed by atoms with Crippen LogP contribution in [-0.4, -0.2) is 26.3 Å². The Morgan fingerprint density at radius 3 is 2.64 bits per heavy atom. The van der Waals surface area contributed by atoms with Crippen LogP contribution in [0.15, 0.2) is 11.4 Å². The van der Waals surface area contributed by atoms with E-state index in [9.17, 15) is 8.42 Å². The lowest BCUT2D eigenvalue weighted by molar-refractivity contribution is 0.316. The Bertz CT molecular complexity index is 716. The van der Waals surface area contributed by atoms with Crippen LogP contribution in [-0.2, 0) is 33.6 Å². The minimum absolute atomic E-state index is 0.254. The fraction of sp³-hybridized carbons (Fsp3) is 0.533. The Morgan fingerprint density at radius 1 is 1.23 bits per heavy atom. The zero-order valence-corrected chi connectivity index (χ0v) is 15.5. The molecule has 0 fully saturated rings. The molecule has 0 radical (unpaired) electrons. The second-order valence-electron chi connectivity index (χ2n) is 5.31. The Labute approximate surface area is 140 Å². The smallest absolute Gasteiger partial charge is 0.264 e. The van der Waals surface area contributed by atoms with Gasteiger partial charge in [0.1, 0.15) is 0 Å². The summed E-state index contributed by atoms with van der Waals surface area (Å²) in [5, 5.41) is 3.24. The molecule has 0 aromatic carbocycles. The van der Waals surface area contributed by atoms with Gasteiger partial charge in [-0.15, -0.1) is 22.7 Å². The molecule has 0 spiro atoms. The SMILES string of the molecule is Cc1nc(CCc2cc(C)c(CCCOS(C)(=O)=O)s2)cs1. The number of hydrogen-bond donors (Lipinski definition) is 0. The van der Waals surface area contributed by atoms with Crippen molar-refractivity contribution in [1.82, 2.24) is 4.98 Å². The van der Waals surface area contributed by atoms with Crippen LogP contribution in [0.4, 0.5) is 0 Å². The molecule has 2 heterocycles. The summed E-state index contributed by atoms with van der Waals surface area (Å²) in [4.78, 5) is 7.17. The Kier molecular flexibility index (Phi) is 6.14. The van der Waals surface area contributed by atoms with Crippen molar-refractivity contribution in [2.75, 3.05) is 12.9 Å². The molecule has 2 aromatic heterocycles. The van der Waals surface area contributed by atoms with Gasteiger partial charge in [0.15, 0.2) is 0 Å². The van der Waals surface area contributed by atoms with Gasteiger partial charge in [-0.25, -0.2) is 4.98 Å². The van der Waals surface area contributed by atoms with E-state index >= 15 is 0 Å². The lowest BCUT2D eigenvalue weighted by Crippen LogP contribution is -2.04. The van der Waals surface area contributed by atoms with Crippen LogP contribution in [0.3, 0.4) is 0 Å². The maximum Gasteiger partial charge on any atom is 0.264 e. The summed E-state index contributed by atoms with van der Waals surface area (Å²) >= 11 is 3.51. The first-order chi connectivity index (χ1) is 10.3. The predicted molar refractivity (Wildman–Crippen MR) is 92.4 cm³/mol. The highest BCUT2D eigenvalue weighted by atomic mass is 32.2. The summed E-state index contributed by atoms with van der Waals surface area (Å²) in [6, 6.07) is 2.23. The number of thiazole rings is 1. The van der Waals surface area contributed by atoms with E-state index in [-0.39, 0.29) is 6.61 Å². The Hall–Kier alpha value is -0.760. The highest BCUT2D eigenvalue weighted by molar-refractivity contribution is 7.85. The van der Waals surface area contributed by atoms with Crippen molar-refractivity contribution < 1.29 is 12.6 Å². The molecule has 0 saturated carbocycles. The molecular weight excluding hydrogens is 338 g/mol. The normalized spacial score (nSPS) is 12.0. The van der Waals surface area contributed by atoms with Crippen LogP contribution in [0.5, 0.6) is 0 Å². The average Bonchev–Trinajstić information content (AvgIpc) is 2.98. The van der Waals surface area contributed by atoms with Gasteiger partial charge in [-0.2, -0.15) is 8.42 Å². The number of rotatable bonds is 8. The molecule has 7 heteroatoms. The summed E-state index contributed by atoms with van der Waals surface area (Å²) in [5.41, 5.74) is 2.45. The number of aryl methyl sites for hydroxylation is 5. The van der Waals surface area contributed by atoms with E-state index in [0.29, 0.717) is 0 Å². The quantitative estimate of drug-likeness (QED) is 0.534. The minimum atomic E-state index is -3.32. The number of nitrogens with zero attached hydrogens (tertiary/aromatic N) is 1. The third-order valence-electron chi connectivity index (χ3n) is 3.21. The fourth-order valence-corrected chi connectivity index (χ4v) is 4.47. The van der Waals surface area contributed by atoms with Crippen molar-refractivity contribution in [2.24, 2.45) is 0 Å². The monoisotopic (exact) mass is 359 g/mol. The second kappa shape index (κ2) is 7.68. The highest BCUT2D eigenvalue weighted by Gasteiger charge is 2.08. The molecule has 22 heavy (non-hydrogen) atoms. The van der Waals surface area contributed by atoms with E-state index in [4.69, 9.17) is 4.18 Å². The molecule has 122 valence electrons. The lowest BCUT2D eigenvalue weighted by Gasteiger charge is -2.01. The van der Waals surface area contributed by atoms with Gasteiger partial charge in [-0.1, -0.05) is 0 Å². The van der Waals surface area contributed by atoms with Gasteiger partial charge in [-0.3, -0.25) is 4.18 Å². The van der Waals surface area contributed by atoms with Crippen LogP contribution in [0.25, 0.3) is 0 Å². The van der Waals surface area contributed by atoms with E-state index in [0.717, 1.165) is 42.6 Å². The zero-order valence-electron chi connectivity index (χ0n) is 13.1. The van der Waals surface area contributed by atoms with E-state index in [1.807, 2.05) is 18.3 Å². The molecule has 0 aliphatic rings. The summed E-state index contributed by atoms with van der Waals surface area (Å²) in [7, 11) is -3.32. The van der Waals surface area contributed by atoms with E-state index in [2.05, 4.69) is 23.4 Å². The first-order valence-electron chi connectivity index (χ1n) is 7.17. The number of thiophene rings is 1. The van der Waals surface area contributed by atoms with Gasteiger partial charge in [0.25, 0.3) is 10.1 Å². The van der Waals surface area contributed by atoms with Crippen molar-refractivity contribution >= 4 is 32.8 Å². The first kappa shape index (κ1) is 17.6. The summed E-state index contributed by atoms with van der Waals surface area (Å²) in [5.74, 6) is 0. The van der Waals surface area contributed by atoms with E-state index in [1.165, 1.54) is 15.3 Å². The van der Waals surface area contributed by atoms with Gasteiger partial charge in [0, 0.05) is 15.1 Å². The van der Waals surface area contributed by atoms with Gasteiger partial charge in [-0.05, 0) is 51.2 Å². The summed E-state index contributed by atoms with van der Waals surface area (Å²) in [6.07, 6.45) is 4.65. The molecule has 0 aliphatic carbocycles. The largest absolute Gasteiger partial charge is 0.270 e. The van der Waals surface area contributed by atoms with Gasteiger partial charge >= 0.3 is 0 Å². The minimum Gasteiger partial charge on any atom is -0.270 e. The van der Waals surface area contributed by atoms with Crippen LogP contribution < -0.4 is 0 Å². The second-order valence-corrected chi connectivity index (χ2v) is 9.23. The van der Waals surface area contributed by atoms with Crippen LogP contribution >= 0.6 is 22.7 Å². The van der Waals surface area contributed by atoms with Crippen molar-refractivity contribution in [3.05, 3.63) is 37.5 Å². The third-order valence-corrected chi connectivity index (χ3v) is 5.99. The van der Waals surface area contributed by atoms with Crippen molar-refractivity contribution in [1.29, 1.82) is 0 Å². The summed E-state index contributed by atoms with van der Waals surface area (Å²) in [6.45, 7) is 4.39. The van der Waals surface area contributed by atoms with Gasteiger partial charge < -0.3 is 0 Å². The summed E-state index contributed by atoms with van der Waals surface area (Å²) < 4.78 is 26.6. The van der Waals surface area contributed by atoms with E-state index < -0.39 is 10.1 Å². The molecule has 0 N–H and O–H groups in total. The molecule has 0 unspecified atom stereocenters. The molecule has 0 amide bonds. The third kappa shape index (κ3) is 5.79. The standard InChI is InChI=1S/C15H21NO3S3/c1-11-9-14(7-6-13-10-20-12(2)16-13)21-15(11)5-4-8-19-22(3,17)18/h9-10H,4-8H2,1-3H3. The molecule has 0 saturated heterocycles. The Morgan fingerprint density at radius 2 is 2.00 bits per heavy atom. The molecule has 0 atom stereocenters. The van der Waals surface area contributed by atoms with Crippen LogP contribution in [0.2, 0.25) is 0 Å². The molecule has 2 aromatic rings. The molecule has 4 nitrogen and oxygen atoms in total. The van der Waals surface area contributed by atoms with Gasteiger partial charge in [0.05, 0.1) is 23.6 Å². The number of hydrogen-bond acceptors (Lipinski definition) is 6. The van der Waals surface area contributed by atoms with Crippen molar-refractivity contribution in [3.63, 3.8) is 0 Å². The highest BCUT2D eigenvalue weighted by Crippen LogP contribution is 2.25.